The second-order valence-corrected chi connectivity index (χ2v) is 6.06. The lowest BCUT2D eigenvalue weighted by Crippen LogP contribution is -2.39. The molecule has 0 aromatic heterocycles. The van der Waals surface area contributed by atoms with Crippen molar-refractivity contribution >= 4 is 0 Å². The van der Waals surface area contributed by atoms with Crippen LogP contribution in [0, 0.1) is 11.8 Å². The maximum Gasteiger partial charge on any atom is 0.119 e. The van der Waals surface area contributed by atoms with E-state index in [2.05, 4.69) is 58.0 Å². The summed E-state index contributed by atoms with van der Waals surface area (Å²) in [6.45, 7) is 8.94. The van der Waals surface area contributed by atoms with Gasteiger partial charge in [-0.05, 0) is 23.5 Å². The van der Waals surface area contributed by atoms with Gasteiger partial charge in [0.1, 0.15) is 5.75 Å². The van der Waals surface area contributed by atoms with Crippen LogP contribution in [0.25, 0.3) is 0 Å². The van der Waals surface area contributed by atoms with E-state index in [0.29, 0.717) is 17.6 Å². The standard InChI is InChI=1S/C19H24O/c1-14(2)19(15(3)4,16-10-6-5-7-11-16)17-12-8-9-13-18(17)20/h5-15,20H,1-4H3. The van der Waals surface area contributed by atoms with Gasteiger partial charge >= 0.3 is 0 Å². The molecule has 1 N–H and O–H groups in total. The molecule has 0 amide bonds. The Morgan fingerprint density at radius 3 is 1.75 bits per heavy atom. The Hall–Kier alpha value is -1.76. The summed E-state index contributed by atoms with van der Waals surface area (Å²) in [5.74, 6) is 1.16. The van der Waals surface area contributed by atoms with Crippen molar-refractivity contribution in [3.8, 4) is 5.75 Å². The fraction of sp³-hybridized carbons (Fsp3) is 0.368. The van der Waals surface area contributed by atoms with Crippen molar-refractivity contribution < 1.29 is 5.11 Å². The molecule has 0 aliphatic rings. The lowest BCUT2D eigenvalue weighted by molar-refractivity contribution is 0.264. The van der Waals surface area contributed by atoms with Gasteiger partial charge in [0.05, 0.1) is 0 Å². The lowest BCUT2D eigenvalue weighted by atomic mass is 9.60. The highest BCUT2D eigenvalue weighted by Gasteiger charge is 2.42. The molecule has 2 aromatic rings. The average molecular weight is 268 g/mol. The number of aromatic hydroxyl groups is 1. The molecular weight excluding hydrogens is 244 g/mol. The molecule has 1 heteroatoms. The minimum Gasteiger partial charge on any atom is -0.508 e. The van der Waals surface area contributed by atoms with E-state index in [9.17, 15) is 5.11 Å². The molecule has 2 aromatic carbocycles. The molecule has 0 bridgehead atoms. The summed E-state index contributed by atoms with van der Waals surface area (Å²) in [5.41, 5.74) is 2.12. The van der Waals surface area contributed by atoms with Crippen LogP contribution in [0.4, 0.5) is 0 Å². The molecule has 106 valence electrons. The van der Waals surface area contributed by atoms with Gasteiger partial charge in [0.2, 0.25) is 0 Å². The van der Waals surface area contributed by atoms with E-state index in [1.165, 1.54) is 5.56 Å². The summed E-state index contributed by atoms with van der Waals surface area (Å²) in [4.78, 5) is 0. The van der Waals surface area contributed by atoms with Crippen molar-refractivity contribution in [2.24, 2.45) is 11.8 Å². The van der Waals surface area contributed by atoms with Gasteiger partial charge in [-0.2, -0.15) is 0 Å². The van der Waals surface area contributed by atoms with Gasteiger partial charge in [0.25, 0.3) is 0 Å². The first-order valence-corrected chi connectivity index (χ1v) is 7.35. The van der Waals surface area contributed by atoms with Gasteiger partial charge in [-0.25, -0.2) is 0 Å². The summed E-state index contributed by atoms with van der Waals surface area (Å²) >= 11 is 0. The second-order valence-electron chi connectivity index (χ2n) is 6.06. The van der Waals surface area contributed by atoms with E-state index in [4.69, 9.17) is 0 Å². The molecule has 0 spiro atoms. The molecule has 1 nitrogen and oxygen atoms in total. The SMILES string of the molecule is CC(C)C(c1ccccc1)(c1ccccc1O)C(C)C. The molecule has 0 radical (unpaired) electrons. The largest absolute Gasteiger partial charge is 0.508 e. The third-order valence-corrected chi connectivity index (χ3v) is 4.42. The van der Waals surface area contributed by atoms with Crippen LogP contribution in [0.1, 0.15) is 38.8 Å². The number of para-hydroxylation sites is 1. The van der Waals surface area contributed by atoms with Crippen LogP contribution in [0.15, 0.2) is 54.6 Å². The van der Waals surface area contributed by atoms with Gasteiger partial charge < -0.3 is 5.11 Å². The first-order chi connectivity index (χ1) is 9.51. The van der Waals surface area contributed by atoms with E-state index in [0.717, 1.165) is 5.56 Å². The fourth-order valence-corrected chi connectivity index (χ4v) is 3.65. The Kier molecular flexibility index (Phi) is 4.17. The first-order valence-electron chi connectivity index (χ1n) is 7.35. The molecular formula is C19H24O. The van der Waals surface area contributed by atoms with Crippen LogP contribution >= 0.6 is 0 Å². The molecule has 0 heterocycles. The van der Waals surface area contributed by atoms with Crippen LogP contribution in [0.3, 0.4) is 0 Å². The summed E-state index contributed by atoms with van der Waals surface area (Å²) in [6.07, 6.45) is 0. The molecule has 0 aliphatic heterocycles. The molecule has 0 unspecified atom stereocenters. The number of phenols is 1. The summed E-state index contributed by atoms with van der Waals surface area (Å²) in [7, 11) is 0. The predicted octanol–water partition coefficient (Wildman–Crippen LogP) is 4.99. The average Bonchev–Trinajstić information content (AvgIpc) is 2.42. The van der Waals surface area contributed by atoms with Crippen LogP contribution in [0.2, 0.25) is 0 Å². The maximum absolute atomic E-state index is 10.4. The summed E-state index contributed by atoms with van der Waals surface area (Å²) in [5, 5.41) is 10.4. The van der Waals surface area contributed by atoms with E-state index >= 15 is 0 Å². The van der Waals surface area contributed by atoms with Crippen molar-refractivity contribution in [3.63, 3.8) is 0 Å². The zero-order valence-corrected chi connectivity index (χ0v) is 12.8. The van der Waals surface area contributed by atoms with Crippen molar-refractivity contribution in [2.45, 2.75) is 33.1 Å². The number of rotatable bonds is 4. The summed E-state index contributed by atoms with van der Waals surface area (Å²) in [6, 6.07) is 18.3. The predicted molar refractivity (Wildman–Crippen MR) is 85.0 cm³/mol. The highest BCUT2D eigenvalue weighted by molar-refractivity contribution is 5.47. The quantitative estimate of drug-likeness (QED) is 0.828. The minimum absolute atomic E-state index is 0.174. The van der Waals surface area contributed by atoms with E-state index in [1.54, 1.807) is 6.07 Å². The van der Waals surface area contributed by atoms with E-state index in [1.807, 2.05) is 18.2 Å². The maximum atomic E-state index is 10.4. The summed E-state index contributed by atoms with van der Waals surface area (Å²) < 4.78 is 0. The fourth-order valence-electron chi connectivity index (χ4n) is 3.65. The topological polar surface area (TPSA) is 20.2 Å². The molecule has 0 atom stereocenters. The van der Waals surface area contributed by atoms with Gasteiger partial charge in [-0.15, -0.1) is 0 Å². The zero-order chi connectivity index (χ0) is 14.8. The Bertz CT molecular complexity index is 547. The number of benzene rings is 2. The third-order valence-electron chi connectivity index (χ3n) is 4.42. The highest BCUT2D eigenvalue weighted by Crippen LogP contribution is 2.48. The number of phenolic OH excluding ortho intramolecular Hbond substituents is 1. The Labute approximate surface area is 122 Å². The molecule has 0 fully saturated rings. The molecule has 0 saturated heterocycles. The van der Waals surface area contributed by atoms with E-state index < -0.39 is 0 Å². The van der Waals surface area contributed by atoms with Crippen molar-refractivity contribution in [3.05, 3.63) is 65.7 Å². The van der Waals surface area contributed by atoms with Crippen molar-refractivity contribution in [1.29, 1.82) is 0 Å². The second kappa shape index (κ2) is 5.70. The van der Waals surface area contributed by atoms with E-state index in [-0.39, 0.29) is 5.41 Å². The number of hydrogen-bond acceptors (Lipinski definition) is 1. The van der Waals surface area contributed by atoms with Crippen LogP contribution < -0.4 is 0 Å². The molecule has 2 rings (SSSR count). The smallest absolute Gasteiger partial charge is 0.119 e. The first kappa shape index (κ1) is 14.6. The Morgan fingerprint density at radius 1 is 0.750 bits per heavy atom. The molecule has 0 saturated carbocycles. The molecule has 0 aliphatic carbocycles. The minimum atomic E-state index is -0.174. The lowest BCUT2D eigenvalue weighted by Gasteiger charge is -2.43. The van der Waals surface area contributed by atoms with Crippen LogP contribution in [-0.2, 0) is 5.41 Å². The third kappa shape index (κ3) is 2.22. The Balaban J connectivity index is 2.76. The van der Waals surface area contributed by atoms with Gasteiger partial charge in [0, 0.05) is 11.0 Å². The van der Waals surface area contributed by atoms with Gasteiger partial charge in [-0.3, -0.25) is 0 Å². The highest BCUT2D eigenvalue weighted by atomic mass is 16.3. The Morgan fingerprint density at radius 2 is 1.25 bits per heavy atom. The van der Waals surface area contributed by atoms with Crippen LogP contribution in [-0.4, -0.2) is 5.11 Å². The van der Waals surface area contributed by atoms with Crippen molar-refractivity contribution in [2.75, 3.05) is 0 Å². The zero-order valence-electron chi connectivity index (χ0n) is 12.8. The van der Waals surface area contributed by atoms with Crippen molar-refractivity contribution in [1.82, 2.24) is 0 Å². The van der Waals surface area contributed by atoms with Gasteiger partial charge in [-0.1, -0.05) is 76.2 Å². The molecule has 20 heavy (non-hydrogen) atoms. The number of hydrogen-bond donors (Lipinski definition) is 1. The van der Waals surface area contributed by atoms with Gasteiger partial charge in [0.15, 0.2) is 0 Å². The monoisotopic (exact) mass is 268 g/mol. The normalized spacial score (nSPS) is 12.1. The van der Waals surface area contributed by atoms with Crippen LogP contribution in [0.5, 0.6) is 5.75 Å².